The molecular formula is C47H30N4O. The Balaban J connectivity index is 1.27. The third-order valence-electron chi connectivity index (χ3n) is 9.64. The Labute approximate surface area is 300 Å². The molecule has 0 atom stereocenters. The van der Waals surface area contributed by atoms with Gasteiger partial charge in [0.25, 0.3) is 0 Å². The molecule has 8 aromatic carbocycles. The van der Waals surface area contributed by atoms with Crippen LogP contribution < -0.4 is 4.90 Å². The summed E-state index contributed by atoms with van der Waals surface area (Å²) in [5.74, 6) is 1.79. The van der Waals surface area contributed by atoms with Crippen molar-refractivity contribution in [3.8, 4) is 34.2 Å². The average Bonchev–Trinajstić information content (AvgIpc) is 3.60. The molecule has 0 aliphatic heterocycles. The van der Waals surface area contributed by atoms with Gasteiger partial charge < -0.3 is 9.32 Å². The Bertz CT molecular complexity index is 2780. The number of aromatic nitrogens is 3. The van der Waals surface area contributed by atoms with E-state index in [2.05, 4.69) is 108 Å². The second-order valence-corrected chi connectivity index (χ2v) is 12.9. The van der Waals surface area contributed by atoms with Crippen LogP contribution >= 0.6 is 0 Å². The van der Waals surface area contributed by atoms with Crippen molar-refractivity contribution in [3.05, 3.63) is 182 Å². The molecule has 10 rings (SSSR count). The Morgan fingerprint density at radius 1 is 0.365 bits per heavy atom. The lowest BCUT2D eigenvalue weighted by Gasteiger charge is -2.27. The van der Waals surface area contributed by atoms with E-state index in [-0.39, 0.29) is 0 Å². The topological polar surface area (TPSA) is 55.1 Å². The Hall–Kier alpha value is -7.11. The maximum absolute atomic E-state index is 6.65. The summed E-state index contributed by atoms with van der Waals surface area (Å²) in [6.45, 7) is 0. The van der Waals surface area contributed by atoms with E-state index < -0.39 is 0 Å². The van der Waals surface area contributed by atoms with Crippen LogP contribution in [0.4, 0.5) is 17.1 Å². The van der Waals surface area contributed by atoms with Crippen LogP contribution in [-0.4, -0.2) is 15.0 Å². The number of nitrogens with zero attached hydrogens (tertiary/aromatic N) is 4. The molecule has 0 spiro atoms. The van der Waals surface area contributed by atoms with Gasteiger partial charge in [0.15, 0.2) is 17.5 Å². The van der Waals surface area contributed by atoms with E-state index in [0.29, 0.717) is 17.5 Å². The van der Waals surface area contributed by atoms with Crippen LogP contribution in [0.2, 0.25) is 0 Å². The van der Waals surface area contributed by atoms with Gasteiger partial charge in [-0.2, -0.15) is 0 Å². The molecule has 5 nitrogen and oxygen atoms in total. The van der Waals surface area contributed by atoms with Crippen LogP contribution in [0, 0.1) is 0 Å². The molecule has 0 fully saturated rings. The van der Waals surface area contributed by atoms with Crippen molar-refractivity contribution in [3.63, 3.8) is 0 Å². The minimum Gasteiger partial charge on any atom is -0.456 e. The van der Waals surface area contributed by atoms with E-state index in [1.54, 1.807) is 0 Å². The van der Waals surface area contributed by atoms with Gasteiger partial charge in [-0.1, -0.05) is 140 Å². The smallest absolute Gasteiger partial charge is 0.164 e. The van der Waals surface area contributed by atoms with Crippen molar-refractivity contribution < 1.29 is 4.42 Å². The molecule has 2 aromatic heterocycles. The molecule has 10 aromatic rings. The third-order valence-corrected chi connectivity index (χ3v) is 9.64. The predicted octanol–water partition coefficient (Wildman–Crippen LogP) is 12.5. The van der Waals surface area contributed by atoms with Crippen molar-refractivity contribution in [2.45, 2.75) is 0 Å². The van der Waals surface area contributed by atoms with Crippen molar-refractivity contribution in [2.75, 3.05) is 4.90 Å². The number of furan rings is 1. The Morgan fingerprint density at radius 2 is 0.865 bits per heavy atom. The van der Waals surface area contributed by atoms with E-state index in [9.17, 15) is 0 Å². The molecule has 0 amide bonds. The van der Waals surface area contributed by atoms with Crippen molar-refractivity contribution in [2.24, 2.45) is 0 Å². The molecule has 0 unspecified atom stereocenters. The van der Waals surface area contributed by atoms with Crippen LogP contribution in [0.1, 0.15) is 0 Å². The fraction of sp³-hybridized carbons (Fsp3) is 0. The summed E-state index contributed by atoms with van der Waals surface area (Å²) in [4.78, 5) is 17.6. The van der Waals surface area contributed by atoms with Gasteiger partial charge in [0, 0.05) is 44.9 Å². The summed E-state index contributed by atoms with van der Waals surface area (Å²) in [7, 11) is 0. The molecule has 0 radical (unpaired) electrons. The maximum Gasteiger partial charge on any atom is 0.164 e. The molecule has 0 saturated heterocycles. The Kier molecular flexibility index (Phi) is 7.07. The molecule has 5 heteroatoms. The van der Waals surface area contributed by atoms with Crippen LogP contribution in [-0.2, 0) is 0 Å². The maximum atomic E-state index is 6.65. The summed E-state index contributed by atoms with van der Waals surface area (Å²) >= 11 is 0. The average molecular weight is 667 g/mol. The van der Waals surface area contributed by atoms with E-state index in [1.807, 2.05) is 78.9 Å². The zero-order chi connectivity index (χ0) is 34.4. The monoisotopic (exact) mass is 666 g/mol. The largest absolute Gasteiger partial charge is 0.456 e. The zero-order valence-corrected chi connectivity index (χ0v) is 28.0. The van der Waals surface area contributed by atoms with E-state index >= 15 is 0 Å². The van der Waals surface area contributed by atoms with Crippen LogP contribution in [0.3, 0.4) is 0 Å². The SMILES string of the molecule is c1ccc(-c2nc(-c3ccccc3)nc(-c3cc(N(c4ccc5ccccc5c4)c4ccc5ccccc5c4)cc4oc5ccccc5c34)n2)cc1. The van der Waals surface area contributed by atoms with Crippen molar-refractivity contribution in [1.82, 2.24) is 15.0 Å². The van der Waals surface area contributed by atoms with Crippen molar-refractivity contribution >= 4 is 60.5 Å². The molecular weight excluding hydrogens is 637 g/mol. The van der Waals surface area contributed by atoms with Gasteiger partial charge >= 0.3 is 0 Å². The standard InChI is InChI=1S/C47H30N4O/c1-3-15-33(16-4-1)45-48-46(34-17-5-2-6-18-34)50-47(49-45)41-29-39(30-43-44(41)40-21-11-12-22-42(40)52-43)51(37-25-23-31-13-7-9-19-35(31)27-37)38-26-24-32-14-8-10-20-36(32)28-38/h1-30H. The molecule has 0 aliphatic rings. The number of anilines is 3. The fourth-order valence-corrected chi connectivity index (χ4v) is 7.15. The molecule has 0 saturated carbocycles. The first kappa shape index (κ1) is 29.8. The summed E-state index contributed by atoms with van der Waals surface area (Å²) < 4.78 is 6.65. The lowest BCUT2D eigenvalue weighted by Crippen LogP contribution is -2.10. The molecule has 0 aliphatic carbocycles. The highest BCUT2D eigenvalue weighted by atomic mass is 16.3. The summed E-state index contributed by atoms with van der Waals surface area (Å²) in [6, 6.07) is 62.9. The van der Waals surface area contributed by atoms with Gasteiger partial charge in [-0.15, -0.1) is 0 Å². The highest BCUT2D eigenvalue weighted by Gasteiger charge is 2.22. The first-order valence-electron chi connectivity index (χ1n) is 17.4. The van der Waals surface area contributed by atoms with Gasteiger partial charge in [0.2, 0.25) is 0 Å². The van der Waals surface area contributed by atoms with Crippen LogP contribution in [0.25, 0.3) is 77.6 Å². The molecule has 52 heavy (non-hydrogen) atoms. The van der Waals surface area contributed by atoms with E-state index in [0.717, 1.165) is 66.5 Å². The lowest BCUT2D eigenvalue weighted by molar-refractivity contribution is 0.669. The second-order valence-electron chi connectivity index (χ2n) is 12.9. The minimum atomic E-state index is 0.572. The van der Waals surface area contributed by atoms with Gasteiger partial charge in [-0.3, -0.25) is 0 Å². The highest BCUT2D eigenvalue weighted by Crippen LogP contribution is 2.44. The van der Waals surface area contributed by atoms with Crippen LogP contribution in [0.15, 0.2) is 186 Å². The normalized spacial score (nSPS) is 11.5. The van der Waals surface area contributed by atoms with Gasteiger partial charge in [-0.05, 0) is 57.9 Å². The second kappa shape index (κ2) is 12.3. The Morgan fingerprint density at radius 3 is 1.46 bits per heavy atom. The van der Waals surface area contributed by atoms with Gasteiger partial charge in [0.05, 0.1) is 5.69 Å². The number of hydrogen-bond acceptors (Lipinski definition) is 5. The van der Waals surface area contributed by atoms with Gasteiger partial charge in [-0.25, -0.2) is 15.0 Å². The third kappa shape index (κ3) is 5.24. The molecule has 2 heterocycles. The van der Waals surface area contributed by atoms with Crippen LogP contribution in [0.5, 0.6) is 0 Å². The number of para-hydroxylation sites is 1. The summed E-state index contributed by atoms with van der Waals surface area (Å²) in [5.41, 5.74) is 7.24. The number of rotatable bonds is 6. The number of hydrogen-bond donors (Lipinski definition) is 0. The van der Waals surface area contributed by atoms with Gasteiger partial charge in [0.1, 0.15) is 11.2 Å². The molecule has 244 valence electrons. The predicted molar refractivity (Wildman–Crippen MR) is 213 cm³/mol. The molecule has 0 N–H and O–H groups in total. The first-order valence-corrected chi connectivity index (χ1v) is 17.4. The molecule has 0 bridgehead atoms. The number of fused-ring (bicyclic) bond motifs is 5. The highest BCUT2D eigenvalue weighted by molar-refractivity contribution is 6.13. The van der Waals surface area contributed by atoms with Crippen molar-refractivity contribution in [1.29, 1.82) is 0 Å². The fourth-order valence-electron chi connectivity index (χ4n) is 7.15. The van der Waals surface area contributed by atoms with E-state index in [4.69, 9.17) is 19.4 Å². The number of benzene rings is 8. The quantitative estimate of drug-likeness (QED) is 0.177. The minimum absolute atomic E-state index is 0.572. The lowest BCUT2D eigenvalue weighted by atomic mass is 10.0. The summed E-state index contributed by atoms with van der Waals surface area (Å²) in [6.07, 6.45) is 0. The zero-order valence-electron chi connectivity index (χ0n) is 28.0. The van der Waals surface area contributed by atoms with E-state index in [1.165, 1.54) is 10.8 Å². The summed E-state index contributed by atoms with van der Waals surface area (Å²) in [5, 5.41) is 6.66. The first-order chi connectivity index (χ1) is 25.7.